The third-order valence-corrected chi connectivity index (χ3v) is 8.45. The number of ketones is 1. The van der Waals surface area contributed by atoms with Crippen molar-refractivity contribution in [3.63, 3.8) is 0 Å². The molecule has 3 amide bonds. The van der Waals surface area contributed by atoms with Gasteiger partial charge in [-0.1, -0.05) is 66.7 Å². The number of anilines is 1. The van der Waals surface area contributed by atoms with E-state index in [1.165, 1.54) is 17.7 Å². The van der Waals surface area contributed by atoms with E-state index in [0.29, 0.717) is 22.7 Å². The quantitative estimate of drug-likeness (QED) is 0.112. The molecule has 1 fully saturated rings. The number of nitrogens with zero attached hydrogens (tertiary/aromatic N) is 2. The minimum atomic E-state index is -0.672. The standard InChI is InChI=1S/C38H28N2O5/c1-23-13-17-30(21-24(23)2)45-29-18-15-28(16-19-29)39-37(43)31-20-14-27(22-32(31)38(39)44)36(42)40-33(25-9-5-3-6-10-25)34(40)35(41)26-11-7-4-8-12-26/h3-22,33-34H,1-2H3/t33-,34+,40?/m0/s1. The molecule has 0 N–H and O–H groups in total. The normalized spacial score (nSPS) is 16.8. The number of Topliss-reactive ketones (excluding diaryl/α,β-unsaturated/α-hetero) is 1. The Morgan fingerprint density at radius 1 is 0.622 bits per heavy atom. The number of aryl methyl sites for hydroxylation is 2. The van der Waals surface area contributed by atoms with Crippen LogP contribution in [0.25, 0.3) is 0 Å². The zero-order valence-corrected chi connectivity index (χ0v) is 24.6. The van der Waals surface area contributed by atoms with E-state index in [1.54, 1.807) is 59.5 Å². The van der Waals surface area contributed by atoms with E-state index in [9.17, 15) is 19.2 Å². The Morgan fingerprint density at radius 3 is 1.96 bits per heavy atom. The lowest BCUT2D eigenvalue weighted by molar-refractivity contribution is 0.0833. The highest BCUT2D eigenvalue weighted by Crippen LogP contribution is 2.46. The van der Waals surface area contributed by atoms with Crippen LogP contribution < -0.4 is 9.64 Å². The summed E-state index contributed by atoms with van der Waals surface area (Å²) in [4.78, 5) is 56.9. The summed E-state index contributed by atoms with van der Waals surface area (Å²) in [5.74, 6) is -0.263. The van der Waals surface area contributed by atoms with E-state index in [1.807, 2.05) is 68.4 Å². The molecule has 2 aliphatic rings. The highest BCUT2D eigenvalue weighted by molar-refractivity contribution is 6.34. The molecular formula is C38H28N2O5. The molecule has 2 atom stereocenters. The number of hydrogen-bond acceptors (Lipinski definition) is 5. The van der Waals surface area contributed by atoms with Crippen LogP contribution in [0.3, 0.4) is 0 Å². The van der Waals surface area contributed by atoms with Crippen molar-refractivity contribution in [2.45, 2.75) is 25.9 Å². The average Bonchev–Trinajstić information content (AvgIpc) is 3.77. The minimum absolute atomic E-state index is 0.144. The SMILES string of the molecule is Cc1ccc(Oc2ccc(N3C(=O)c4ccc(C(=O)N5[C@@H](C(=O)c6ccccc6)[C@@H]5c5ccccc5)cc4C3=O)cc2)cc1C. The van der Waals surface area contributed by atoms with E-state index >= 15 is 0 Å². The molecule has 2 heterocycles. The van der Waals surface area contributed by atoms with Crippen molar-refractivity contribution in [3.05, 3.63) is 160 Å². The number of fused-ring (bicyclic) bond motifs is 1. The van der Waals surface area contributed by atoms with Gasteiger partial charge in [0.2, 0.25) is 0 Å². The number of imide groups is 1. The first-order chi connectivity index (χ1) is 21.8. The van der Waals surface area contributed by atoms with Gasteiger partial charge in [0, 0.05) is 11.1 Å². The van der Waals surface area contributed by atoms with Gasteiger partial charge in [-0.05, 0) is 85.1 Å². The predicted molar refractivity (Wildman–Crippen MR) is 170 cm³/mol. The van der Waals surface area contributed by atoms with Crippen LogP contribution in [0.4, 0.5) is 5.69 Å². The van der Waals surface area contributed by atoms with Crippen LogP contribution >= 0.6 is 0 Å². The van der Waals surface area contributed by atoms with E-state index in [0.717, 1.165) is 16.0 Å². The molecule has 0 bridgehead atoms. The highest BCUT2D eigenvalue weighted by atomic mass is 16.5. The Morgan fingerprint density at radius 2 is 1.27 bits per heavy atom. The molecule has 45 heavy (non-hydrogen) atoms. The molecule has 220 valence electrons. The molecule has 7 heteroatoms. The molecule has 0 unspecified atom stereocenters. The van der Waals surface area contributed by atoms with Crippen molar-refractivity contribution in [1.29, 1.82) is 0 Å². The summed E-state index contributed by atoms with van der Waals surface area (Å²) in [6.07, 6.45) is 0. The van der Waals surface area contributed by atoms with Gasteiger partial charge in [0.15, 0.2) is 5.78 Å². The lowest BCUT2D eigenvalue weighted by Gasteiger charge is -2.15. The monoisotopic (exact) mass is 592 g/mol. The molecule has 7 rings (SSSR count). The summed E-state index contributed by atoms with van der Waals surface area (Å²) >= 11 is 0. The Labute approximate surface area is 260 Å². The molecule has 1 saturated heterocycles. The maximum atomic E-state index is 13.9. The van der Waals surface area contributed by atoms with Crippen molar-refractivity contribution in [2.75, 3.05) is 4.90 Å². The van der Waals surface area contributed by atoms with Gasteiger partial charge in [-0.2, -0.15) is 0 Å². The molecule has 5 aromatic carbocycles. The first-order valence-electron chi connectivity index (χ1n) is 14.7. The summed E-state index contributed by atoms with van der Waals surface area (Å²) in [7, 11) is 0. The fourth-order valence-corrected chi connectivity index (χ4v) is 5.85. The van der Waals surface area contributed by atoms with Gasteiger partial charge in [-0.25, -0.2) is 4.90 Å². The third-order valence-electron chi connectivity index (χ3n) is 8.45. The van der Waals surface area contributed by atoms with Gasteiger partial charge in [-0.3, -0.25) is 19.2 Å². The summed E-state index contributed by atoms with van der Waals surface area (Å²) in [5.41, 5.74) is 4.64. The maximum Gasteiger partial charge on any atom is 0.266 e. The number of hydrogen-bond donors (Lipinski definition) is 0. The van der Waals surface area contributed by atoms with Crippen LogP contribution in [0.5, 0.6) is 11.5 Å². The summed E-state index contributed by atoms with van der Waals surface area (Å²) < 4.78 is 5.96. The molecule has 0 radical (unpaired) electrons. The lowest BCUT2D eigenvalue weighted by atomic mass is 10.0. The Bertz CT molecular complexity index is 1990. The smallest absolute Gasteiger partial charge is 0.266 e. The summed E-state index contributed by atoms with van der Waals surface area (Å²) in [5, 5.41) is 0. The second kappa shape index (κ2) is 11.0. The Balaban J connectivity index is 1.13. The number of rotatable bonds is 7. The zero-order valence-electron chi connectivity index (χ0n) is 24.6. The third kappa shape index (κ3) is 4.98. The van der Waals surface area contributed by atoms with Crippen LogP contribution in [0.2, 0.25) is 0 Å². The molecule has 0 aromatic heterocycles. The highest BCUT2D eigenvalue weighted by Gasteiger charge is 2.56. The molecule has 0 saturated carbocycles. The largest absolute Gasteiger partial charge is 0.457 e. The van der Waals surface area contributed by atoms with Gasteiger partial charge in [0.25, 0.3) is 17.7 Å². The molecule has 5 aromatic rings. The molecule has 7 nitrogen and oxygen atoms in total. The number of amides is 3. The topological polar surface area (TPSA) is 83.8 Å². The van der Waals surface area contributed by atoms with E-state index in [2.05, 4.69) is 0 Å². The fraction of sp³-hybridized carbons (Fsp3) is 0.105. The van der Waals surface area contributed by atoms with Crippen molar-refractivity contribution in [2.24, 2.45) is 0 Å². The average molecular weight is 593 g/mol. The maximum absolute atomic E-state index is 13.9. The molecule has 0 spiro atoms. The van der Waals surface area contributed by atoms with E-state index in [-0.39, 0.29) is 28.4 Å². The van der Waals surface area contributed by atoms with E-state index < -0.39 is 23.9 Å². The summed E-state index contributed by atoms with van der Waals surface area (Å²) in [6.45, 7) is 4.04. The van der Waals surface area contributed by atoms with Crippen molar-refractivity contribution in [3.8, 4) is 11.5 Å². The molecular weight excluding hydrogens is 564 g/mol. The summed E-state index contributed by atoms with van der Waals surface area (Å²) in [6, 6.07) is 34.3. The zero-order chi connectivity index (χ0) is 31.2. The first kappa shape index (κ1) is 28.0. The van der Waals surface area contributed by atoms with Crippen LogP contribution in [-0.4, -0.2) is 34.4 Å². The van der Waals surface area contributed by atoms with Gasteiger partial charge in [-0.15, -0.1) is 0 Å². The number of carbonyl (C=O) groups is 4. The number of benzene rings is 5. The number of ether oxygens (including phenoxy) is 1. The van der Waals surface area contributed by atoms with Gasteiger partial charge < -0.3 is 9.64 Å². The van der Waals surface area contributed by atoms with Crippen LogP contribution in [0, 0.1) is 13.8 Å². The Kier molecular flexibility index (Phi) is 6.86. The van der Waals surface area contributed by atoms with Crippen LogP contribution in [0.15, 0.2) is 121 Å². The van der Waals surface area contributed by atoms with E-state index in [4.69, 9.17) is 4.74 Å². The minimum Gasteiger partial charge on any atom is -0.457 e. The molecule has 2 aliphatic heterocycles. The fourth-order valence-electron chi connectivity index (χ4n) is 5.85. The number of carbonyl (C=O) groups excluding carboxylic acids is 4. The van der Waals surface area contributed by atoms with Crippen molar-refractivity contribution in [1.82, 2.24) is 4.90 Å². The van der Waals surface area contributed by atoms with Crippen molar-refractivity contribution >= 4 is 29.2 Å². The van der Waals surface area contributed by atoms with Gasteiger partial charge in [0.05, 0.1) is 22.9 Å². The first-order valence-corrected chi connectivity index (χ1v) is 14.7. The van der Waals surface area contributed by atoms with Crippen molar-refractivity contribution < 1.29 is 23.9 Å². The van der Waals surface area contributed by atoms with Crippen LogP contribution in [0.1, 0.15) is 64.2 Å². The Hall–Kier alpha value is -5.82. The van der Waals surface area contributed by atoms with Gasteiger partial charge in [0.1, 0.15) is 17.5 Å². The predicted octanol–water partition coefficient (Wildman–Crippen LogP) is 7.34. The molecule has 0 aliphatic carbocycles. The van der Waals surface area contributed by atoms with Gasteiger partial charge >= 0.3 is 0 Å². The van der Waals surface area contributed by atoms with Crippen LogP contribution in [-0.2, 0) is 0 Å². The second-order valence-electron chi connectivity index (χ2n) is 11.3. The lowest BCUT2D eigenvalue weighted by Crippen LogP contribution is -2.29. The second-order valence-corrected chi connectivity index (χ2v) is 11.3.